The lowest BCUT2D eigenvalue weighted by Gasteiger charge is -2.23. The summed E-state index contributed by atoms with van der Waals surface area (Å²) in [5.41, 5.74) is 8.55. The van der Waals surface area contributed by atoms with Gasteiger partial charge in [0.25, 0.3) is 0 Å². The highest BCUT2D eigenvalue weighted by molar-refractivity contribution is 7.99. The zero-order chi connectivity index (χ0) is 12.3. The van der Waals surface area contributed by atoms with E-state index in [2.05, 4.69) is 37.1 Å². The monoisotopic (exact) mass is 250 g/mol. The van der Waals surface area contributed by atoms with E-state index in [9.17, 15) is 0 Å². The van der Waals surface area contributed by atoms with E-state index in [0.29, 0.717) is 6.54 Å². The van der Waals surface area contributed by atoms with Crippen molar-refractivity contribution in [1.82, 2.24) is 0 Å². The van der Waals surface area contributed by atoms with Gasteiger partial charge in [0.1, 0.15) is 0 Å². The summed E-state index contributed by atoms with van der Waals surface area (Å²) in [4.78, 5) is 3.72. The largest absolute Gasteiger partial charge is 0.374 e. The number of benzene rings is 1. The maximum absolute atomic E-state index is 5.93. The van der Waals surface area contributed by atoms with Gasteiger partial charge in [-0.3, -0.25) is 0 Å². The summed E-state index contributed by atoms with van der Waals surface area (Å²) in [5.74, 6) is 2.01. The molecule has 1 aliphatic carbocycles. The van der Waals surface area contributed by atoms with Crippen molar-refractivity contribution in [2.75, 3.05) is 24.2 Å². The van der Waals surface area contributed by atoms with E-state index in [1.165, 1.54) is 35.5 Å². The molecule has 0 aliphatic heterocycles. The molecule has 1 aliphatic rings. The lowest BCUT2D eigenvalue weighted by Crippen LogP contribution is -2.22. The topological polar surface area (TPSA) is 29.3 Å². The Morgan fingerprint density at radius 3 is 2.76 bits per heavy atom. The molecule has 0 radical (unpaired) electrons. The molecule has 2 nitrogen and oxygen atoms in total. The Morgan fingerprint density at radius 2 is 2.18 bits per heavy atom. The molecule has 0 atom stereocenters. The Hall–Kier alpha value is -0.670. The molecule has 0 saturated heterocycles. The van der Waals surface area contributed by atoms with Crippen LogP contribution in [0, 0.1) is 5.92 Å². The zero-order valence-electron chi connectivity index (χ0n) is 10.8. The Morgan fingerprint density at radius 1 is 1.41 bits per heavy atom. The van der Waals surface area contributed by atoms with E-state index >= 15 is 0 Å². The number of hydrogen-bond donors (Lipinski definition) is 1. The molecule has 0 amide bonds. The third kappa shape index (κ3) is 3.17. The number of thioether (sulfide) groups is 1. The van der Waals surface area contributed by atoms with Gasteiger partial charge < -0.3 is 10.6 Å². The molecule has 17 heavy (non-hydrogen) atoms. The lowest BCUT2D eigenvalue weighted by molar-refractivity contribution is 0.780. The van der Waals surface area contributed by atoms with Gasteiger partial charge >= 0.3 is 0 Å². The van der Waals surface area contributed by atoms with Crippen molar-refractivity contribution in [3.05, 3.63) is 23.8 Å². The van der Waals surface area contributed by atoms with Crippen LogP contribution in [0.3, 0.4) is 0 Å². The minimum atomic E-state index is 0.632. The third-order valence-corrected chi connectivity index (χ3v) is 4.23. The molecule has 0 aromatic heterocycles. The smallest absolute Gasteiger partial charge is 0.0420 e. The van der Waals surface area contributed by atoms with Gasteiger partial charge in [-0.1, -0.05) is 13.0 Å². The van der Waals surface area contributed by atoms with Crippen LogP contribution in [0.25, 0.3) is 0 Å². The molecular formula is C14H22N2S. The Kier molecular flexibility index (Phi) is 4.35. The molecule has 2 rings (SSSR count). The highest BCUT2D eigenvalue weighted by Crippen LogP contribution is 2.34. The first-order valence-electron chi connectivity index (χ1n) is 6.42. The maximum Gasteiger partial charge on any atom is 0.0420 e. The van der Waals surface area contributed by atoms with Crippen LogP contribution >= 0.6 is 11.8 Å². The molecular weight excluding hydrogens is 228 g/mol. The molecule has 1 aromatic carbocycles. The SMILES string of the molecule is CCSc1cccc(N(C)CC2CC2)c1CN. The van der Waals surface area contributed by atoms with Gasteiger partial charge in [0.2, 0.25) is 0 Å². The summed E-state index contributed by atoms with van der Waals surface area (Å²) in [7, 11) is 2.19. The zero-order valence-corrected chi connectivity index (χ0v) is 11.6. The van der Waals surface area contributed by atoms with Crippen LogP contribution in [0.1, 0.15) is 25.3 Å². The predicted molar refractivity (Wildman–Crippen MR) is 76.7 cm³/mol. The van der Waals surface area contributed by atoms with Crippen LogP contribution in [0.5, 0.6) is 0 Å². The maximum atomic E-state index is 5.93. The molecule has 1 fully saturated rings. The lowest BCUT2D eigenvalue weighted by atomic mass is 10.1. The van der Waals surface area contributed by atoms with Crippen LogP contribution in [0.15, 0.2) is 23.1 Å². The summed E-state index contributed by atoms with van der Waals surface area (Å²) in [6.45, 7) is 3.99. The fourth-order valence-electron chi connectivity index (χ4n) is 2.19. The van der Waals surface area contributed by atoms with E-state index in [4.69, 9.17) is 5.73 Å². The molecule has 1 aromatic rings. The number of nitrogens with zero attached hydrogens (tertiary/aromatic N) is 1. The minimum absolute atomic E-state index is 0.632. The Labute approximate surface area is 109 Å². The Balaban J connectivity index is 2.21. The van der Waals surface area contributed by atoms with E-state index in [1.54, 1.807) is 0 Å². The van der Waals surface area contributed by atoms with E-state index in [-0.39, 0.29) is 0 Å². The normalized spacial score (nSPS) is 15.0. The van der Waals surface area contributed by atoms with Gasteiger partial charge in [-0.2, -0.15) is 0 Å². The van der Waals surface area contributed by atoms with Crippen molar-refractivity contribution >= 4 is 17.4 Å². The van der Waals surface area contributed by atoms with Crippen molar-refractivity contribution in [1.29, 1.82) is 0 Å². The van der Waals surface area contributed by atoms with Crippen molar-refractivity contribution in [3.8, 4) is 0 Å². The highest BCUT2D eigenvalue weighted by atomic mass is 32.2. The number of nitrogens with two attached hydrogens (primary N) is 1. The third-order valence-electron chi connectivity index (χ3n) is 3.25. The molecule has 3 heteroatoms. The molecule has 0 unspecified atom stereocenters. The average Bonchev–Trinajstić information content (AvgIpc) is 3.13. The fourth-order valence-corrected chi connectivity index (χ4v) is 3.04. The predicted octanol–water partition coefficient (Wildman–Crippen LogP) is 3.10. The second-order valence-corrected chi connectivity index (χ2v) is 6.02. The molecule has 0 heterocycles. The summed E-state index contributed by atoms with van der Waals surface area (Å²) in [6.07, 6.45) is 2.79. The van der Waals surface area contributed by atoms with Crippen LogP contribution in [-0.4, -0.2) is 19.3 Å². The number of rotatable bonds is 6. The number of hydrogen-bond acceptors (Lipinski definition) is 3. The van der Waals surface area contributed by atoms with Gasteiger partial charge in [-0.05, 0) is 36.6 Å². The summed E-state index contributed by atoms with van der Waals surface area (Å²) in [5, 5.41) is 0. The fraction of sp³-hybridized carbons (Fsp3) is 0.571. The van der Waals surface area contributed by atoms with Gasteiger partial charge in [-0.15, -0.1) is 11.8 Å². The van der Waals surface area contributed by atoms with E-state index in [1.807, 2.05) is 11.8 Å². The first-order valence-corrected chi connectivity index (χ1v) is 7.40. The second kappa shape index (κ2) is 5.78. The first-order chi connectivity index (χ1) is 8.26. The quantitative estimate of drug-likeness (QED) is 0.787. The Bertz CT molecular complexity index is 374. The molecule has 94 valence electrons. The second-order valence-electron chi connectivity index (χ2n) is 4.71. The molecule has 0 spiro atoms. The van der Waals surface area contributed by atoms with Gasteiger partial charge in [-0.25, -0.2) is 0 Å². The molecule has 1 saturated carbocycles. The van der Waals surface area contributed by atoms with Gasteiger partial charge in [0.05, 0.1) is 0 Å². The average molecular weight is 250 g/mol. The molecule has 2 N–H and O–H groups in total. The van der Waals surface area contributed by atoms with E-state index < -0.39 is 0 Å². The van der Waals surface area contributed by atoms with Crippen LogP contribution in [0.2, 0.25) is 0 Å². The highest BCUT2D eigenvalue weighted by Gasteiger charge is 2.23. The summed E-state index contributed by atoms with van der Waals surface area (Å²) < 4.78 is 0. The summed E-state index contributed by atoms with van der Waals surface area (Å²) in [6, 6.07) is 6.53. The van der Waals surface area contributed by atoms with Crippen LogP contribution in [0.4, 0.5) is 5.69 Å². The number of anilines is 1. The van der Waals surface area contributed by atoms with Gasteiger partial charge in [0.15, 0.2) is 0 Å². The van der Waals surface area contributed by atoms with Crippen LogP contribution in [-0.2, 0) is 6.54 Å². The standard InChI is InChI=1S/C14H22N2S/c1-3-17-14-6-4-5-13(12(14)9-15)16(2)10-11-7-8-11/h4-6,11H,3,7-10,15H2,1-2H3. The van der Waals surface area contributed by atoms with Crippen molar-refractivity contribution in [3.63, 3.8) is 0 Å². The first kappa shape index (κ1) is 12.8. The van der Waals surface area contributed by atoms with Crippen molar-refractivity contribution < 1.29 is 0 Å². The van der Waals surface area contributed by atoms with Gasteiger partial charge in [0, 0.05) is 36.3 Å². The molecule has 0 bridgehead atoms. The van der Waals surface area contributed by atoms with Crippen molar-refractivity contribution in [2.24, 2.45) is 11.7 Å². The van der Waals surface area contributed by atoms with E-state index in [0.717, 1.165) is 11.7 Å². The van der Waals surface area contributed by atoms with Crippen molar-refractivity contribution in [2.45, 2.75) is 31.2 Å². The minimum Gasteiger partial charge on any atom is -0.374 e. The van der Waals surface area contributed by atoms with Crippen LogP contribution < -0.4 is 10.6 Å². The summed E-state index contributed by atoms with van der Waals surface area (Å²) >= 11 is 1.89.